The number of nitrogens with zero attached hydrogens (tertiary/aromatic N) is 2. The third-order valence-corrected chi connectivity index (χ3v) is 4.19. The highest BCUT2D eigenvalue weighted by Crippen LogP contribution is 2.39. The second kappa shape index (κ2) is 6.13. The van der Waals surface area contributed by atoms with E-state index in [1.807, 2.05) is 7.05 Å². The standard InChI is InChI=1S/C13H23N3O2.HI/c1-16(10-4-5-10)12(14)15-8-11-9-17-13(18-11)6-2-3-7-13;/h10-11H,2-9H2,1H3,(H2,14,15);1H. The largest absolute Gasteiger partial charge is 0.370 e. The fraction of sp³-hybridized carbons (Fsp3) is 0.923. The molecule has 1 unspecified atom stereocenters. The zero-order valence-corrected chi connectivity index (χ0v) is 13.8. The van der Waals surface area contributed by atoms with Gasteiger partial charge in [0.1, 0.15) is 6.10 Å². The quantitative estimate of drug-likeness (QED) is 0.459. The predicted octanol–water partition coefficient (Wildman–Crippen LogP) is 1.70. The predicted molar refractivity (Wildman–Crippen MR) is 84.7 cm³/mol. The van der Waals surface area contributed by atoms with Crippen LogP contribution in [-0.2, 0) is 9.47 Å². The number of hydrogen-bond donors (Lipinski definition) is 1. The zero-order chi connectivity index (χ0) is 12.6. The molecule has 0 aromatic carbocycles. The van der Waals surface area contributed by atoms with Gasteiger partial charge in [0.25, 0.3) is 0 Å². The molecule has 5 nitrogen and oxygen atoms in total. The van der Waals surface area contributed by atoms with Crippen molar-refractivity contribution in [1.82, 2.24) is 4.90 Å². The van der Waals surface area contributed by atoms with Gasteiger partial charge in [-0.15, -0.1) is 24.0 Å². The lowest BCUT2D eigenvalue weighted by Gasteiger charge is -2.21. The molecule has 1 heterocycles. The fourth-order valence-corrected chi connectivity index (χ4v) is 2.84. The Morgan fingerprint density at radius 1 is 1.37 bits per heavy atom. The van der Waals surface area contributed by atoms with Gasteiger partial charge in [0, 0.05) is 25.9 Å². The number of ether oxygens (including phenoxy) is 2. The summed E-state index contributed by atoms with van der Waals surface area (Å²) in [7, 11) is 2.01. The maximum absolute atomic E-state index is 6.01. The SMILES string of the molecule is CN(C(N)=NCC1COC2(CCCC2)O1)C1CC1.I. The molecule has 3 aliphatic rings. The highest BCUT2D eigenvalue weighted by Gasteiger charge is 2.43. The number of halogens is 1. The summed E-state index contributed by atoms with van der Waals surface area (Å²) in [5.41, 5.74) is 5.96. The van der Waals surface area contributed by atoms with E-state index in [-0.39, 0.29) is 35.9 Å². The number of rotatable bonds is 3. The van der Waals surface area contributed by atoms with Gasteiger partial charge in [0.15, 0.2) is 11.7 Å². The first-order chi connectivity index (χ1) is 8.69. The fourth-order valence-electron chi connectivity index (χ4n) is 2.84. The monoisotopic (exact) mass is 381 g/mol. The van der Waals surface area contributed by atoms with Crippen LogP contribution in [0.1, 0.15) is 38.5 Å². The first-order valence-corrected chi connectivity index (χ1v) is 7.03. The summed E-state index contributed by atoms with van der Waals surface area (Å²) < 4.78 is 11.8. The Bertz CT molecular complexity index is 341. The molecular formula is C13H24IN3O2. The first kappa shape index (κ1) is 15.3. The van der Waals surface area contributed by atoms with E-state index in [0.29, 0.717) is 25.2 Å². The Kier molecular flexibility index (Phi) is 4.94. The van der Waals surface area contributed by atoms with Crippen molar-refractivity contribution in [3.8, 4) is 0 Å². The van der Waals surface area contributed by atoms with Gasteiger partial charge in [-0.2, -0.15) is 0 Å². The molecule has 2 aliphatic carbocycles. The van der Waals surface area contributed by atoms with Crippen LogP contribution in [0.15, 0.2) is 4.99 Å². The van der Waals surface area contributed by atoms with Crippen LogP contribution in [-0.4, -0.2) is 49.0 Å². The lowest BCUT2D eigenvalue weighted by molar-refractivity contribution is -0.160. The first-order valence-electron chi connectivity index (χ1n) is 7.03. The topological polar surface area (TPSA) is 60.1 Å². The smallest absolute Gasteiger partial charge is 0.191 e. The third kappa shape index (κ3) is 3.52. The van der Waals surface area contributed by atoms with Crippen LogP contribution >= 0.6 is 24.0 Å². The number of aliphatic imine (C=N–C) groups is 1. The van der Waals surface area contributed by atoms with E-state index < -0.39 is 0 Å². The minimum Gasteiger partial charge on any atom is -0.370 e. The average Bonchev–Trinajstić information content (AvgIpc) is 3.01. The van der Waals surface area contributed by atoms with Gasteiger partial charge in [-0.3, -0.25) is 4.99 Å². The van der Waals surface area contributed by atoms with Crippen molar-refractivity contribution in [2.75, 3.05) is 20.2 Å². The Morgan fingerprint density at radius 2 is 2.05 bits per heavy atom. The van der Waals surface area contributed by atoms with Gasteiger partial charge in [0.05, 0.1) is 13.2 Å². The second-order valence-electron chi connectivity index (χ2n) is 5.71. The number of nitrogens with two attached hydrogens (primary N) is 1. The summed E-state index contributed by atoms with van der Waals surface area (Å²) >= 11 is 0. The minimum absolute atomic E-state index is 0. The van der Waals surface area contributed by atoms with Crippen LogP contribution in [0.4, 0.5) is 0 Å². The molecule has 3 rings (SSSR count). The lowest BCUT2D eigenvalue weighted by atomic mass is 10.2. The lowest BCUT2D eigenvalue weighted by Crippen LogP contribution is -2.36. The third-order valence-electron chi connectivity index (χ3n) is 4.19. The van der Waals surface area contributed by atoms with Gasteiger partial charge in [-0.05, 0) is 25.7 Å². The molecule has 3 fully saturated rings. The summed E-state index contributed by atoms with van der Waals surface area (Å²) in [6, 6.07) is 0.607. The van der Waals surface area contributed by atoms with E-state index in [0.717, 1.165) is 12.8 Å². The normalized spacial score (nSPS) is 29.5. The molecule has 110 valence electrons. The Labute approximate surface area is 131 Å². The van der Waals surface area contributed by atoms with E-state index >= 15 is 0 Å². The van der Waals surface area contributed by atoms with Crippen LogP contribution in [0.2, 0.25) is 0 Å². The average molecular weight is 381 g/mol. The van der Waals surface area contributed by atoms with E-state index in [9.17, 15) is 0 Å². The van der Waals surface area contributed by atoms with Crippen LogP contribution in [0, 0.1) is 0 Å². The second-order valence-corrected chi connectivity index (χ2v) is 5.71. The summed E-state index contributed by atoms with van der Waals surface area (Å²) in [5.74, 6) is 0.352. The van der Waals surface area contributed by atoms with Crippen molar-refractivity contribution in [2.24, 2.45) is 10.7 Å². The Balaban J connectivity index is 0.00000133. The molecule has 0 radical (unpaired) electrons. The van der Waals surface area contributed by atoms with Crippen molar-refractivity contribution in [1.29, 1.82) is 0 Å². The highest BCUT2D eigenvalue weighted by atomic mass is 127. The van der Waals surface area contributed by atoms with Crippen molar-refractivity contribution in [3.05, 3.63) is 0 Å². The van der Waals surface area contributed by atoms with Crippen LogP contribution in [0.25, 0.3) is 0 Å². The highest BCUT2D eigenvalue weighted by molar-refractivity contribution is 14.0. The van der Waals surface area contributed by atoms with E-state index in [2.05, 4.69) is 9.89 Å². The van der Waals surface area contributed by atoms with Crippen molar-refractivity contribution in [3.63, 3.8) is 0 Å². The van der Waals surface area contributed by atoms with E-state index in [4.69, 9.17) is 15.2 Å². The van der Waals surface area contributed by atoms with Crippen LogP contribution in [0.5, 0.6) is 0 Å². The molecule has 0 aromatic heterocycles. The van der Waals surface area contributed by atoms with Gasteiger partial charge >= 0.3 is 0 Å². The molecule has 2 saturated carbocycles. The molecule has 2 N–H and O–H groups in total. The summed E-state index contributed by atoms with van der Waals surface area (Å²) in [4.78, 5) is 6.51. The maximum atomic E-state index is 6.01. The number of guanidine groups is 1. The molecule has 1 spiro atoms. The Hall–Kier alpha value is -0.0800. The molecule has 1 atom stereocenters. The summed E-state index contributed by atoms with van der Waals surface area (Å²) in [6.07, 6.45) is 7.03. The van der Waals surface area contributed by atoms with Gasteiger partial charge in [-0.25, -0.2) is 0 Å². The molecule has 0 aromatic rings. The zero-order valence-electron chi connectivity index (χ0n) is 11.5. The van der Waals surface area contributed by atoms with Crippen molar-refractivity contribution in [2.45, 2.75) is 56.5 Å². The molecular weight excluding hydrogens is 357 g/mol. The van der Waals surface area contributed by atoms with E-state index in [1.54, 1.807) is 0 Å². The Morgan fingerprint density at radius 3 is 2.68 bits per heavy atom. The van der Waals surface area contributed by atoms with Gasteiger partial charge in [0.2, 0.25) is 0 Å². The summed E-state index contributed by atoms with van der Waals surface area (Å²) in [5, 5.41) is 0. The van der Waals surface area contributed by atoms with Crippen molar-refractivity contribution < 1.29 is 9.47 Å². The molecule has 1 aliphatic heterocycles. The van der Waals surface area contributed by atoms with Gasteiger partial charge in [-0.1, -0.05) is 0 Å². The van der Waals surface area contributed by atoms with Crippen molar-refractivity contribution >= 4 is 29.9 Å². The number of hydrogen-bond acceptors (Lipinski definition) is 3. The van der Waals surface area contributed by atoms with Gasteiger partial charge < -0.3 is 20.1 Å². The molecule has 0 bridgehead atoms. The summed E-state index contributed by atoms with van der Waals surface area (Å²) in [6.45, 7) is 1.27. The minimum atomic E-state index is -0.280. The van der Waals surface area contributed by atoms with E-state index in [1.165, 1.54) is 25.7 Å². The molecule has 6 heteroatoms. The maximum Gasteiger partial charge on any atom is 0.191 e. The molecule has 19 heavy (non-hydrogen) atoms. The molecule has 1 saturated heterocycles. The van der Waals surface area contributed by atoms with Crippen LogP contribution < -0.4 is 5.73 Å². The van der Waals surface area contributed by atoms with Crippen LogP contribution in [0.3, 0.4) is 0 Å². The molecule has 0 amide bonds.